The molecule has 0 spiro atoms. The monoisotopic (exact) mass is 374 g/mol. The predicted octanol–water partition coefficient (Wildman–Crippen LogP) is 5.17. The third-order valence-electron chi connectivity index (χ3n) is 2.93. The molecule has 1 atom stereocenters. The molecule has 108 valence electrons. The van der Waals surface area contributed by atoms with Gasteiger partial charge in [-0.1, -0.05) is 6.07 Å². The van der Waals surface area contributed by atoms with Gasteiger partial charge in [-0.2, -0.15) is 0 Å². The lowest BCUT2D eigenvalue weighted by molar-refractivity contribution is 0.146. The van der Waals surface area contributed by atoms with Crippen LogP contribution in [0.2, 0.25) is 0 Å². The van der Waals surface area contributed by atoms with Crippen LogP contribution in [0.5, 0.6) is 5.75 Å². The Hall–Kier alpha value is -0.550. The molecule has 20 heavy (non-hydrogen) atoms. The van der Waals surface area contributed by atoms with Crippen molar-refractivity contribution in [3.05, 3.63) is 50.1 Å². The summed E-state index contributed by atoms with van der Waals surface area (Å²) in [5.74, 6) is 0.803. The van der Waals surface area contributed by atoms with Crippen molar-refractivity contribution in [2.45, 2.75) is 12.3 Å². The first-order valence-corrected chi connectivity index (χ1v) is 8.33. The second-order valence-corrected chi connectivity index (χ2v) is 6.60. The van der Waals surface area contributed by atoms with E-state index >= 15 is 0 Å². The van der Waals surface area contributed by atoms with Crippen LogP contribution in [0.25, 0.3) is 0 Å². The van der Waals surface area contributed by atoms with E-state index in [1.54, 1.807) is 18.4 Å². The van der Waals surface area contributed by atoms with Gasteiger partial charge in [-0.25, -0.2) is 0 Å². The standard InChI is InChI=1S/C15H16BrClO2S/c1-10-5-8-20-15(10)14(17)11-3-4-13(12(16)9-11)19-7-6-18-2/h3-5,8-9,14H,6-7H2,1-2H3. The van der Waals surface area contributed by atoms with E-state index in [1.165, 1.54) is 10.4 Å². The molecule has 1 heterocycles. The van der Waals surface area contributed by atoms with E-state index in [2.05, 4.69) is 34.3 Å². The number of ether oxygens (including phenoxy) is 2. The first-order chi connectivity index (χ1) is 9.63. The van der Waals surface area contributed by atoms with Crippen LogP contribution in [0.3, 0.4) is 0 Å². The Morgan fingerprint density at radius 1 is 1.30 bits per heavy atom. The minimum atomic E-state index is -0.126. The molecule has 1 aromatic heterocycles. The van der Waals surface area contributed by atoms with Crippen molar-refractivity contribution < 1.29 is 9.47 Å². The van der Waals surface area contributed by atoms with Crippen LogP contribution in [0.15, 0.2) is 34.1 Å². The smallest absolute Gasteiger partial charge is 0.133 e. The molecule has 2 nitrogen and oxygen atoms in total. The number of halogens is 2. The van der Waals surface area contributed by atoms with Crippen LogP contribution in [0.1, 0.15) is 21.4 Å². The Bertz CT molecular complexity index is 571. The topological polar surface area (TPSA) is 18.5 Å². The molecular weight excluding hydrogens is 360 g/mol. The first kappa shape index (κ1) is 15.8. The first-order valence-electron chi connectivity index (χ1n) is 6.22. The molecule has 0 amide bonds. The van der Waals surface area contributed by atoms with Gasteiger partial charge in [0.15, 0.2) is 0 Å². The molecule has 0 N–H and O–H groups in total. The van der Waals surface area contributed by atoms with Crippen molar-refractivity contribution in [2.24, 2.45) is 0 Å². The largest absolute Gasteiger partial charge is 0.490 e. The van der Waals surface area contributed by atoms with E-state index < -0.39 is 0 Å². The third kappa shape index (κ3) is 3.76. The van der Waals surface area contributed by atoms with Gasteiger partial charge in [-0.15, -0.1) is 22.9 Å². The van der Waals surface area contributed by atoms with Crippen molar-refractivity contribution in [2.75, 3.05) is 20.3 Å². The summed E-state index contributed by atoms with van der Waals surface area (Å²) in [5.41, 5.74) is 2.29. The fraction of sp³-hybridized carbons (Fsp3) is 0.333. The highest BCUT2D eigenvalue weighted by Gasteiger charge is 2.16. The summed E-state index contributed by atoms with van der Waals surface area (Å²) >= 11 is 11.8. The number of aryl methyl sites for hydroxylation is 1. The van der Waals surface area contributed by atoms with Gasteiger partial charge < -0.3 is 9.47 Å². The number of alkyl halides is 1. The van der Waals surface area contributed by atoms with E-state index in [-0.39, 0.29) is 5.38 Å². The summed E-state index contributed by atoms with van der Waals surface area (Å²) < 4.78 is 11.5. The molecule has 2 rings (SSSR count). The SMILES string of the molecule is COCCOc1ccc(C(Cl)c2sccc2C)cc1Br. The minimum absolute atomic E-state index is 0.126. The zero-order valence-corrected chi connectivity index (χ0v) is 14.5. The van der Waals surface area contributed by atoms with E-state index in [0.29, 0.717) is 13.2 Å². The summed E-state index contributed by atoms with van der Waals surface area (Å²) in [6.45, 7) is 3.18. The molecule has 0 aliphatic rings. The number of rotatable bonds is 6. The fourth-order valence-electron chi connectivity index (χ4n) is 1.82. The van der Waals surface area contributed by atoms with Crippen LogP contribution in [0.4, 0.5) is 0 Å². The van der Waals surface area contributed by atoms with Crippen molar-refractivity contribution >= 4 is 38.9 Å². The summed E-state index contributed by atoms with van der Waals surface area (Å²) in [7, 11) is 1.66. The van der Waals surface area contributed by atoms with E-state index in [1.807, 2.05) is 18.2 Å². The summed E-state index contributed by atoms with van der Waals surface area (Å²) in [6, 6.07) is 8.04. The third-order valence-corrected chi connectivity index (χ3v) is 5.23. The number of hydrogen-bond donors (Lipinski definition) is 0. The van der Waals surface area contributed by atoms with Crippen molar-refractivity contribution in [3.63, 3.8) is 0 Å². The summed E-state index contributed by atoms with van der Waals surface area (Å²) in [4.78, 5) is 1.19. The number of hydrogen-bond acceptors (Lipinski definition) is 3. The van der Waals surface area contributed by atoms with E-state index in [0.717, 1.165) is 15.8 Å². The van der Waals surface area contributed by atoms with Gasteiger partial charge in [-0.3, -0.25) is 0 Å². The fourth-order valence-corrected chi connectivity index (χ4v) is 3.72. The van der Waals surface area contributed by atoms with Crippen LogP contribution in [0, 0.1) is 6.92 Å². The Kier molecular flexibility index (Phi) is 5.90. The predicted molar refractivity (Wildman–Crippen MR) is 88.3 cm³/mol. The highest BCUT2D eigenvalue weighted by molar-refractivity contribution is 9.10. The zero-order chi connectivity index (χ0) is 14.5. The van der Waals surface area contributed by atoms with Gasteiger partial charge in [0, 0.05) is 12.0 Å². The Morgan fingerprint density at radius 2 is 2.10 bits per heavy atom. The van der Waals surface area contributed by atoms with Gasteiger partial charge in [0.2, 0.25) is 0 Å². The molecule has 1 unspecified atom stereocenters. The Labute approximate surface area is 136 Å². The van der Waals surface area contributed by atoms with E-state index in [9.17, 15) is 0 Å². The van der Waals surface area contributed by atoms with Crippen LogP contribution in [-0.4, -0.2) is 20.3 Å². The molecular formula is C15H16BrClO2S. The van der Waals surface area contributed by atoms with Gasteiger partial charge in [-0.05, 0) is 57.6 Å². The van der Waals surface area contributed by atoms with Gasteiger partial charge in [0.1, 0.15) is 12.4 Å². The van der Waals surface area contributed by atoms with Crippen LogP contribution >= 0.6 is 38.9 Å². The second kappa shape index (κ2) is 7.46. The lowest BCUT2D eigenvalue weighted by Crippen LogP contribution is -2.05. The molecule has 0 saturated carbocycles. The Balaban J connectivity index is 2.14. The van der Waals surface area contributed by atoms with Gasteiger partial charge >= 0.3 is 0 Å². The molecule has 0 fully saturated rings. The minimum Gasteiger partial charge on any atom is -0.490 e. The maximum atomic E-state index is 6.56. The second-order valence-electron chi connectivity index (χ2n) is 4.36. The molecule has 0 saturated heterocycles. The lowest BCUT2D eigenvalue weighted by atomic mass is 10.1. The number of methoxy groups -OCH3 is 1. The molecule has 0 aliphatic carbocycles. The van der Waals surface area contributed by atoms with E-state index in [4.69, 9.17) is 21.1 Å². The maximum absolute atomic E-state index is 6.56. The molecule has 5 heteroatoms. The average Bonchev–Trinajstić information content (AvgIpc) is 2.86. The quantitative estimate of drug-likeness (QED) is 0.512. The van der Waals surface area contributed by atoms with Crippen LogP contribution < -0.4 is 4.74 Å². The molecule has 1 aromatic carbocycles. The van der Waals surface area contributed by atoms with Crippen molar-refractivity contribution in [1.29, 1.82) is 0 Å². The lowest BCUT2D eigenvalue weighted by Gasteiger charge is -2.13. The van der Waals surface area contributed by atoms with Gasteiger partial charge in [0.05, 0.1) is 16.5 Å². The molecule has 0 radical (unpaired) electrons. The van der Waals surface area contributed by atoms with Gasteiger partial charge in [0.25, 0.3) is 0 Å². The summed E-state index contributed by atoms with van der Waals surface area (Å²) in [5, 5.41) is 1.94. The highest BCUT2D eigenvalue weighted by Crippen LogP contribution is 2.37. The molecule has 0 aliphatic heterocycles. The maximum Gasteiger partial charge on any atom is 0.133 e. The normalized spacial score (nSPS) is 12.4. The van der Waals surface area contributed by atoms with Crippen molar-refractivity contribution in [3.8, 4) is 5.75 Å². The Morgan fingerprint density at radius 3 is 2.70 bits per heavy atom. The number of thiophene rings is 1. The summed E-state index contributed by atoms with van der Waals surface area (Å²) in [6.07, 6.45) is 0. The zero-order valence-electron chi connectivity index (χ0n) is 11.4. The van der Waals surface area contributed by atoms with Crippen LogP contribution in [-0.2, 0) is 4.74 Å². The molecule has 0 bridgehead atoms. The van der Waals surface area contributed by atoms with Crippen molar-refractivity contribution in [1.82, 2.24) is 0 Å². The highest BCUT2D eigenvalue weighted by atomic mass is 79.9. The average molecular weight is 376 g/mol. The number of benzene rings is 1. The molecule has 2 aromatic rings.